The summed E-state index contributed by atoms with van der Waals surface area (Å²) >= 11 is 0. The molecule has 1 aromatic rings. The average molecular weight is 249 g/mol. The van der Waals surface area contributed by atoms with Gasteiger partial charge in [0.25, 0.3) is 0 Å². The fraction of sp³-hybridized carbons (Fsp3) is 0.500. The van der Waals surface area contributed by atoms with E-state index in [2.05, 4.69) is 5.32 Å². The van der Waals surface area contributed by atoms with E-state index >= 15 is 0 Å². The number of rotatable bonds is 4. The van der Waals surface area contributed by atoms with Crippen molar-refractivity contribution >= 4 is 11.7 Å². The zero-order chi connectivity index (χ0) is 12.8. The second kappa shape index (κ2) is 6.40. The van der Waals surface area contributed by atoms with Crippen molar-refractivity contribution in [2.45, 2.75) is 25.8 Å². The van der Waals surface area contributed by atoms with Crippen LogP contribution in [0.4, 0.5) is 5.69 Å². The number of carbonyl (C=O) groups is 1. The number of nitrogens with one attached hydrogen (secondary N) is 1. The lowest BCUT2D eigenvalue weighted by Gasteiger charge is -2.25. The van der Waals surface area contributed by atoms with Crippen LogP contribution in [0.5, 0.6) is 0 Å². The van der Waals surface area contributed by atoms with Gasteiger partial charge >= 0.3 is 5.97 Å². The molecule has 1 aromatic carbocycles. The molecule has 98 valence electrons. The molecule has 1 heterocycles. The van der Waals surface area contributed by atoms with Crippen molar-refractivity contribution in [3.8, 4) is 0 Å². The molecule has 1 fully saturated rings. The van der Waals surface area contributed by atoms with Crippen LogP contribution >= 0.6 is 0 Å². The highest BCUT2D eigenvalue weighted by Crippen LogP contribution is 2.20. The highest BCUT2D eigenvalue weighted by Gasteiger charge is 2.17. The number of ether oxygens (including phenoxy) is 2. The predicted molar refractivity (Wildman–Crippen MR) is 69.9 cm³/mol. The molecule has 1 aliphatic rings. The molecule has 1 N–H and O–H groups in total. The van der Waals surface area contributed by atoms with Gasteiger partial charge in [0.2, 0.25) is 0 Å². The first-order valence-corrected chi connectivity index (χ1v) is 6.41. The van der Waals surface area contributed by atoms with E-state index in [1.807, 2.05) is 25.1 Å². The number of esters is 1. The smallest absolute Gasteiger partial charge is 0.340 e. The van der Waals surface area contributed by atoms with Crippen LogP contribution in [0.25, 0.3) is 0 Å². The molecular weight excluding hydrogens is 230 g/mol. The Morgan fingerprint density at radius 2 is 2.11 bits per heavy atom. The second-order valence-electron chi connectivity index (χ2n) is 4.30. The highest BCUT2D eigenvalue weighted by atomic mass is 16.5. The standard InChI is InChI=1S/C14H19NO3/c1-2-18-14(16)12-5-3-4-6-13(12)15-11-7-9-17-10-8-11/h3-6,11,15H,2,7-10H2,1H3. The van der Waals surface area contributed by atoms with Gasteiger partial charge in [-0.05, 0) is 31.9 Å². The van der Waals surface area contributed by atoms with Crippen molar-refractivity contribution in [3.05, 3.63) is 29.8 Å². The number of benzene rings is 1. The van der Waals surface area contributed by atoms with Gasteiger partial charge in [0.15, 0.2) is 0 Å². The molecule has 2 rings (SSSR count). The zero-order valence-corrected chi connectivity index (χ0v) is 10.6. The Morgan fingerprint density at radius 1 is 1.39 bits per heavy atom. The van der Waals surface area contributed by atoms with E-state index in [-0.39, 0.29) is 5.97 Å². The van der Waals surface area contributed by atoms with Gasteiger partial charge in [-0.2, -0.15) is 0 Å². The number of para-hydroxylation sites is 1. The van der Waals surface area contributed by atoms with Crippen LogP contribution in [0, 0.1) is 0 Å². The minimum atomic E-state index is -0.271. The van der Waals surface area contributed by atoms with E-state index in [0.717, 1.165) is 31.7 Å². The molecule has 0 saturated carbocycles. The molecule has 0 spiro atoms. The van der Waals surface area contributed by atoms with Gasteiger partial charge in [-0.3, -0.25) is 0 Å². The van der Waals surface area contributed by atoms with Crippen molar-refractivity contribution in [2.75, 3.05) is 25.1 Å². The van der Waals surface area contributed by atoms with Gasteiger partial charge in [-0.15, -0.1) is 0 Å². The van der Waals surface area contributed by atoms with E-state index in [0.29, 0.717) is 18.2 Å². The Labute approximate surface area is 107 Å². The van der Waals surface area contributed by atoms with E-state index in [9.17, 15) is 4.79 Å². The van der Waals surface area contributed by atoms with Crippen LogP contribution in [-0.4, -0.2) is 31.8 Å². The van der Waals surface area contributed by atoms with E-state index in [1.54, 1.807) is 6.07 Å². The SMILES string of the molecule is CCOC(=O)c1ccccc1NC1CCOCC1. The summed E-state index contributed by atoms with van der Waals surface area (Å²) in [4.78, 5) is 11.8. The van der Waals surface area contributed by atoms with Gasteiger partial charge < -0.3 is 14.8 Å². The number of hydrogen-bond donors (Lipinski definition) is 1. The first-order chi connectivity index (χ1) is 8.81. The maximum atomic E-state index is 11.8. The van der Waals surface area contributed by atoms with Gasteiger partial charge in [0, 0.05) is 24.9 Å². The lowest BCUT2D eigenvalue weighted by molar-refractivity contribution is 0.0527. The summed E-state index contributed by atoms with van der Waals surface area (Å²) in [5.41, 5.74) is 1.45. The third kappa shape index (κ3) is 3.23. The summed E-state index contributed by atoms with van der Waals surface area (Å²) in [6.07, 6.45) is 1.94. The molecule has 0 unspecified atom stereocenters. The fourth-order valence-corrected chi connectivity index (χ4v) is 2.06. The van der Waals surface area contributed by atoms with Crippen molar-refractivity contribution in [1.29, 1.82) is 0 Å². The molecule has 18 heavy (non-hydrogen) atoms. The number of anilines is 1. The molecule has 0 amide bonds. The Morgan fingerprint density at radius 3 is 2.83 bits per heavy atom. The van der Waals surface area contributed by atoms with Gasteiger partial charge in [0.1, 0.15) is 0 Å². The minimum absolute atomic E-state index is 0.271. The Hall–Kier alpha value is -1.55. The van der Waals surface area contributed by atoms with Crippen LogP contribution in [0.2, 0.25) is 0 Å². The molecule has 0 atom stereocenters. The molecule has 4 nitrogen and oxygen atoms in total. The zero-order valence-electron chi connectivity index (χ0n) is 10.6. The highest BCUT2D eigenvalue weighted by molar-refractivity contribution is 5.95. The third-order valence-corrected chi connectivity index (χ3v) is 3.00. The van der Waals surface area contributed by atoms with E-state index < -0.39 is 0 Å². The van der Waals surface area contributed by atoms with Gasteiger partial charge in [-0.25, -0.2) is 4.79 Å². The van der Waals surface area contributed by atoms with Crippen molar-refractivity contribution in [2.24, 2.45) is 0 Å². The second-order valence-corrected chi connectivity index (χ2v) is 4.30. The molecule has 1 saturated heterocycles. The summed E-state index contributed by atoms with van der Waals surface area (Å²) in [6, 6.07) is 7.85. The molecule has 0 aromatic heterocycles. The number of carbonyl (C=O) groups excluding carboxylic acids is 1. The van der Waals surface area contributed by atoms with Crippen LogP contribution in [0.3, 0.4) is 0 Å². The predicted octanol–water partition coefficient (Wildman–Crippen LogP) is 2.45. The Balaban J connectivity index is 2.08. The Bertz CT molecular complexity index is 400. The summed E-state index contributed by atoms with van der Waals surface area (Å²) in [5, 5.41) is 3.41. The first-order valence-electron chi connectivity index (χ1n) is 6.41. The lowest BCUT2D eigenvalue weighted by Crippen LogP contribution is -2.28. The van der Waals surface area contributed by atoms with E-state index in [1.165, 1.54) is 0 Å². The summed E-state index contributed by atoms with van der Waals surface area (Å²) < 4.78 is 10.4. The van der Waals surface area contributed by atoms with Crippen LogP contribution in [-0.2, 0) is 9.47 Å². The third-order valence-electron chi connectivity index (χ3n) is 3.00. The summed E-state index contributed by atoms with van der Waals surface area (Å²) in [5.74, 6) is -0.271. The van der Waals surface area contributed by atoms with Crippen molar-refractivity contribution in [3.63, 3.8) is 0 Å². The quantitative estimate of drug-likeness (QED) is 0.833. The van der Waals surface area contributed by atoms with Gasteiger partial charge in [-0.1, -0.05) is 12.1 Å². The summed E-state index contributed by atoms with van der Waals surface area (Å²) in [6.45, 7) is 3.76. The fourth-order valence-electron chi connectivity index (χ4n) is 2.06. The minimum Gasteiger partial charge on any atom is -0.462 e. The number of hydrogen-bond acceptors (Lipinski definition) is 4. The maximum Gasteiger partial charge on any atom is 0.340 e. The van der Waals surface area contributed by atoms with Crippen molar-refractivity contribution < 1.29 is 14.3 Å². The largest absolute Gasteiger partial charge is 0.462 e. The van der Waals surface area contributed by atoms with Crippen LogP contribution in [0.1, 0.15) is 30.1 Å². The molecule has 1 aliphatic heterocycles. The monoisotopic (exact) mass is 249 g/mol. The molecular formula is C14H19NO3. The molecule has 0 radical (unpaired) electrons. The molecule has 0 bridgehead atoms. The van der Waals surface area contributed by atoms with E-state index in [4.69, 9.17) is 9.47 Å². The van der Waals surface area contributed by atoms with Gasteiger partial charge in [0.05, 0.1) is 12.2 Å². The normalized spacial score (nSPS) is 16.3. The van der Waals surface area contributed by atoms with Crippen LogP contribution < -0.4 is 5.32 Å². The molecule has 4 heteroatoms. The summed E-state index contributed by atoms with van der Waals surface area (Å²) in [7, 11) is 0. The maximum absolute atomic E-state index is 11.8. The van der Waals surface area contributed by atoms with Crippen molar-refractivity contribution in [1.82, 2.24) is 0 Å². The Kier molecular flexibility index (Phi) is 4.59. The van der Waals surface area contributed by atoms with Crippen LogP contribution in [0.15, 0.2) is 24.3 Å². The molecule has 0 aliphatic carbocycles. The topological polar surface area (TPSA) is 47.6 Å². The average Bonchev–Trinajstić information content (AvgIpc) is 2.41. The lowest BCUT2D eigenvalue weighted by atomic mass is 10.1. The first kappa shape index (κ1) is 12.9.